The lowest BCUT2D eigenvalue weighted by Crippen LogP contribution is -1.86. The molecule has 0 fully saturated rings. The first-order chi connectivity index (χ1) is 7.75. The number of nitrogens with two attached hydrogens (primary N) is 1. The number of hydrogen-bond donors (Lipinski definition) is 2. The molecule has 0 aliphatic heterocycles. The molecule has 16 heavy (non-hydrogen) atoms. The smallest absolute Gasteiger partial charge is 0.172 e. The molecule has 0 radical (unpaired) electrons. The SMILES string of the molecule is Nc1cc(-c2ccc3c(c2O)CCC3)on1. The predicted molar refractivity (Wildman–Crippen MR) is 60.0 cm³/mol. The Hall–Kier alpha value is -1.97. The molecule has 2 aromatic rings. The van der Waals surface area contributed by atoms with Gasteiger partial charge < -0.3 is 15.4 Å². The van der Waals surface area contributed by atoms with Crippen molar-refractivity contribution in [2.45, 2.75) is 19.3 Å². The van der Waals surface area contributed by atoms with E-state index in [1.807, 2.05) is 12.1 Å². The van der Waals surface area contributed by atoms with Gasteiger partial charge in [-0.1, -0.05) is 11.2 Å². The molecule has 82 valence electrons. The van der Waals surface area contributed by atoms with Crippen LogP contribution >= 0.6 is 0 Å². The first-order valence-corrected chi connectivity index (χ1v) is 5.32. The molecule has 1 aliphatic carbocycles. The zero-order valence-corrected chi connectivity index (χ0v) is 8.73. The molecule has 3 N–H and O–H groups in total. The van der Waals surface area contributed by atoms with Gasteiger partial charge in [-0.3, -0.25) is 0 Å². The quantitative estimate of drug-likeness (QED) is 0.765. The van der Waals surface area contributed by atoms with Crippen molar-refractivity contribution in [3.8, 4) is 17.1 Å². The van der Waals surface area contributed by atoms with Gasteiger partial charge in [-0.2, -0.15) is 0 Å². The van der Waals surface area contributed by atoms with E-state index in [0.717, 1.165) is 24.8 Å². The maximum absolute atomic E-state index is 10.1. The van der Waals surface area contributed by atoms with Crippen LogP contribution in [0.3, 0.4) is 0 Å². The van der Waals surface area contributed by atoms with Crippen LogP contribution in [0.5, 0.6) is 5.75 Å². The molecule has 3 rings (SSSR count). The van der Waals surface area contributed by atoms with Crippen LogP contribution in [-0.2, 0) is 12.8 Å². The lowest BCUT2D eigenvalue weighted by Gasteiger charge is -2.06. The van der Waals surface area contributed by atoms with Gasteiger partial charge in [-0.25, -0.2) is 0 Å². The van der Waals surface area contributed by atoms with Crippen LogP contribution in [0.1, 0.15) is 17.5 Å². The second-order valence-corrected chi connectivity index (χ2v) is 4.07. The number of fused-ring (bicyclic) bond motifs is 1. The van der Waals surface area contributed by atoms with Gasteiger partial charge in [0.25, 0.3) is 0 Å². The van der Waals surface area contributed by atoms with E-state index in [1.165, 1.54) is 5.56 Å². The third-order valence-electron chi connectivity index (χ3n) is 3.05. The van der Waals surface area contributed by atoms with Gasteiger partial charge in [0.05, 0.1) is 5.56 Å². The highest BCUT2D eigenvalue weighted by atomic mass is 16.5. The molecule has 0 unspecified atom stereocenters. The van der Waals surface area contributed by atoms with E-state index in [4.69, 9.17) is 10.3 Å². The fourth-order valence-corrected chi connectivity index (χ4v) is 2.26. The van der Waals surface area contributed by atoms with Crippen molar-refractivity contribution in [3.05, 3.63) is 29.3 Å². The van der Waals surface area contributed by atoms with Crippen molar-refractivity contribution in [2.24, 2.45) is 0 Å². The average molecular weight is 216 g/mol. The van der Waals surface area contributed by atoms with E-state index in [-0.39, 0.29) is 0 Å². The Bertz CT molecular complexity index is 546. The minimum absolute atomic E-state index is 0.311. The summed E-state index contributed by atoms with van der Waals surface area (Å²) in [6.45, 7) is 0. The van der Waals surface area contributed by atoms with Crippen LogP contribution in [0, 0.1) is 0 Å². The molecule has 0 atom stereocenters. The average Bonchev–Trinajstić information content (AvgIpc) is 2.87. The minimum Gasteiger partial charge on any atom is -0.507 e. The summed E-state index contributed by atoms with van der Waals surface area (Å²) in [6, 6.07) is 5.52. The number of nitrogen functional groups attached to an aromatic ring is 1. The number of phenolic OH excluding ortho intramolecular Hbond substituents is 1. The van der Waals surface area contributed by atoms with Gasteiger partial charge in [0.2, 0.25) is 0 Å². The topological polar surface area (TPSA) is 72.3 Å². The molecule has 1 heterocycles. The highest BCUT2D eigenvalue weighted by Crippen LogP contribution is 2.38. The molecule has 0 amide bonds. The second-order valence-electron chi connectivity index (χ2n) is 4.07. The molecule has 4 nitrogen and oxygen atoms in total. The van der Waals surface area contributed by atoms with E-state index >= 15 is 0 Å². The summed E-state index contributed by atoms with van der Waals surface area (Å²) in [5, 5.41) is 13.8. The zero-order chi connectivity index (χ0) is 11.1. The highest BCUT2D eigenvalue weighted by Gasteiger charge is 2.19. The van der Waals surface area contributed by atoms with Crippen LogP contribution in [0.25, 0.3) is 11.3 Å². The number of aromatic hydroxyl groups is 1. The fraction of sp³-hybridized carbons (Fsp3) is 0.250. The monoisotopic (exact) mass is 216 g/mol. The van der Waals surface area contributed by atoms with Gasteiger partial charge in [-0.05, 0) is 36.5 Å². The second kappa shape index (κ2) is 3.27. The third kappa shape index (κ3) is 1.26. The molecule has 0 saturated heterocycles. The van der Waals surface area contributed by atoms with Crippen molar-refractivity contribution in [1.82, 2.24) is 5.16 Å². The summed E-state index contributed by atoms with van der Waals surface area (Å²) >= 11 is 0. The lowest BCUT2D eigenvalue weighted by molar-refractivity contribution is 0.428. The number of aromatic nitrogens is 1. The van der Waals surface area contributed by atoms with Gasteiger partial charge >= 0.3 is 0 Å². The van der Waals surface area contributed by atoms with E-state index in [2.05, 4.69) is 5.16 Å². The number of benzene rings is 1. The summed E-state index contributed by atoms with van der Waals surface area (Å²) in [4.78, 5) is 0. The molecule has 1 aromatic carbocycles. The zero-order valence-electron chi connectivity index (χ0n) is 8.73. The number of rotatable bonds is 1. The van der Waals surface area contributed by atoms with Crippen LogP contribution in [0.2, 0.25) is 0 Å². The standard InChI is InChI=1S/C12H12N2O2/c13-11-6-10(16-14-11)9-5-4-7-2-1-3-8(7)12(9)15/h4-6,15H,1-3H2,(H2,13,14). The Balaban J connectivity index is 2.15. The molecule has 1 aliphatic rings. The van der Waals surface area contributed by atoms with Crippen molar-refractivity contribution in [1.29, 1.82) is 0 Å². The Morgan fingerprint density at radius 1 is 1.31 bits per heavy atom. The number of aryl methyl sites for hydroxylation is 1. The molecule has 0 spiro atoms. The summed E-state index contributed by atoms with van der Waals surface area (Å²) in [5.41, 5.74) is 8.43. The molecule has 0 bridgehead atoms. The fourth-order valence-electron chi connectivity index (χ4n) is 2.26. The summed E-state index contributed by atoms with van der Waals surface area (Å²) in [6.07, 6.45) is 3.07. The summed E-state index contributed by atoms with van der Waals surface area (Å²) in [5.74, 6) is 1.16. The van der Waals surface area contributed by atoms with Crippen molar-refractivity contribution < 1.29 is 9.63 Å². The van der Waals surface area contributed by atoms with E-state index in [1.54, 1.807) is 6.07 Å². The first kappa shape index (κ1) is 9.27. The Morgan fingerprint density at radius 2 is 2.19 bits per heavy atom. The van der Waals surface area contributed by atoms with Crippen LogP contribution < -0.4 is 5.73 Å². The first-order valence-electron chi connectivity index (χ1n) is 5.32. The van der Waals surface area contributed by atoms with Gasteiger partial charge in [-0.15, -0.1) is 0 Å². The molecule has 0 saturated carbocycles. The lowest BCUT2D eigenvalue weighted by atomic mass is 10.0. The van der Waals surface area contributed by atoms with Crippen LogP contribution in [-0.4, -0.2) is 10.3 Å². The van der Waals surface area contributed by atoms with Gasteiger partial charge in [0.1, 0.15) is 5.75 Å². The number of phenols is 1. The predicted octanol–water partition coefficient (Wildman–Crippen LogP) is 2.12. The van der Waals surface area contributed by atoms with Crippen molar-refractivity contribution in [2.75, 3.05) is 5.73 Å². The van der Waals surface area contributed by atoms with E-state index in [0.29, 0.717) is 22.9 Å². The summed E-state index contributed by atoms with van der Waals surface area (Å²) < 4.78 is 5.06. The molecule has 1 aromatic heterocycles. The Morgan fingerprint density at radius 3 is 2.94 bits per heavy atom. The highest BCUT2D eigenvalue weighted by molar-refractivity contribution is 5.70. The number of anilines is 1. The normalized spacial score (nSPS) is 14.0. The Kier molecular flexibility index (Phi) is 1.89. The maximum atomic E-state index is 10.1. The number of hydrogen-bond acceptors (Lipinski definition) is 4. The van der Waals surface area contributed by atoms with Crippen LogP contribution in [0.15, 0.2) is 22.7 Å². The minimum atomic E-state index is 0.311. The van der Waals surface area contributed by atoms with E-state index < -0.39 is 0 Å². The molecule has 4 heteroatoms. The molecular formula is C12H12N2O2. The third-order valence-corrected chi connectivity index (χ3v) is 3.05. The maximum Gasteiger partial charge on any atom is 0.172 e. The van der Waals surface area contributed by atoms with Gasteiger partial charge in [0, 0.05) is 6.07 Å². The van der Waals surface area contributed by atoms with E-state index in [9.17, 15) is 5.11 Å². The van der Waals surface area contributed by atoms with Crippen molar-refractivity contribution in [3.63, 3.8) is 0 Å². The number of nitrogens with zero attached hydrogens (tertiary/aromatic N) is 1. The largest absolute Gasteiger partial charge is 0.507 e. The summed E-state index contributed by atoms with van der Waals surface area (Å²) in [7, 11) is 0. The Labute approximate surface area is 92.7 Å². The van der Waals surface area contributed by atoms with Gasteiger partial charge in [0.15, 0.2) is 11.6 Å². The molecular weight excluding hydrogens is 204 g/mol. The van der Waals surface area contributed by atoms with Crippen molar-refractivity contribution >= 4 is 5.82 Å². The van der Waals surface area contributed by atoms with Crippen LogP contribution in [0.4, 0.5) is 5.82 Å².